The second-order valence-electron chi connectivity index (χ2n) is 5.99. The van der Waals surface area contributed by atoms with Crippen LogP contribution in [0, 0.1) is 34.1 Å². The van der Waals surface area contributed by atoms with E-state index in [1.165, 1.54) is 0 Å². The summed E-state index contributed by atoms with van der Waals surface area (Å²) in [4.78, 5) is 33.5. The van der Waals surface area contributed by atoms with E-state index in [0.717, 1.165) is 36.4 Å². The smallest absolute Gasteiger partial charge is 0.291 e. The minimum Gasteiger partial charge on any atom is -0.328 e. The van der Waals surface area contributed by atoms with E-state index >= 15 is 0 Å². The molecule has 1 saturated heterocycles. The van der Waals surface area contributed by atoms with Crippen LogP contribution in [0.1, 0.15) is 11.1 Å². The zero-order chi connectivity index (χ0) is 21.1. The summed E-state index contributed by atoms with van der Waals surface area (Å²) in [5.41, 5.74) is 3.18. The molecule has 0 radical (unpaired) electrons. The number of nitrogens with one attached hydrogen (secondary N) is 1. The van der Waals surface area contributed by atoms with Crippen molar-refractivity contribution < 1.29 is 25.4 Å². The first-order chi connectivity index (χ1) is 12.5. The Labute approximate surface area is 156 Å². The van der Waals surface area contributed by atoms with Crippen LogP contribution in [-0.4, -0.2) is 76.1 Å². The molecule has 0 aromatic heterocycles. The predicted octanol–water partition coefficient (Wildman–Crippen LogP) is 0.792. The molecule has 1 amide bonds. The number of likely N-dealkylation sites (N-methyl/N-ethyl adjacent to an activating group) is 2. The molecule has 0 bridgehead atoms. The molecule has 3 N–H and O–H groups in total. The highest BCUT2D eigenvalue weighted by atomic mass is 16.9. The van der Waals surface area contributed by atoms with Gasteiger partial charge in [0.15, 0.2) is 0 Å². The molecule has 1 unspecified atom stereocenters. The molecule has 152 valence electrons. The van der Waals surface area contributed by atoms with Gasteiger partial charge in [0.05, 0.1) is 0 Å². The average molecular weight is 387 g/mol. The summed E-state index contributed by atoms with van der Waals surface area (Å²) in [6.07, 6.45) is 0. The van der Waals surface area contributed by atoms with Crippen molar-refractivity contribution in [2.75, 3.05) is 39.0 Å². The van der Waals surface area contributed by atoms with Gasteiger partial charge in [-0.05, 0) is 39.1 Å². The molecular weight excluding hydrogens is 362 g/mol. The maximum Gasteiger partial charge on any atom is 0.291 e. The van der Waals surface area contributed by atoms with Gasteiger partial charge in [0.1, 0.15) is 6.04 Å². The highest BCUT2D eigenvalue weighted by Gasteiger charge is 2.28. The van der Waals surface area contributed by atoms with Gasteiger partial charge in [0.2, 0.25) is 5.91 Å². The van der Waals surface area contributed by atoms with Crippen molar-refractivity contribution >= 4 is 11.6 Å². The molecule has 12 nitrogen and oxygen atoms in total. The lowest BCUT2D eigenvalue weighted by Crippen LogP contribution is -2.55. The fourth-order valence-corrected chi connectivity index (χ4v) is 2.51. The number of para-hydroxylation sites is 1. The summed E-state index contributed by atoms with van der Waals surface area (Å²) in [6.45, 7) is 6.79. The Morgan fingerprint density at radius 3 is 2.00 bits per heavy atom. The monoisotopic (exact) mass is 387 g/mol. The number of hydrogen-bond acceptors (Lipinski definition) is 7. The minimum absolute atomic E-state index is 0.0715. The average Bonchev–Trinajstić information content (AvgIpc) is 2.52. The molecule has 1 aromatic carbocycles. The summed E-state index contributed by atoms with van der Waals surface area (Å²) < 4.78 is 0. The van der Waals surface area contributed by atoms with Crippen molar-refractivity contribution in [3.8, 4) is 0 Å². The van der Waals surface area contributed by atoms with E-state index in [4.69, 9.17) is 30.6 Å². The summed E-state index contributed by atoms with van der Waals surface area (Å²) >= 11 is 0. The predicted molar refractivity (Wildman–Crippen MR) is 96.0 cm³/mol. The Balaban J connectivity index is 0.000000718. The quantitative estimate of drug-likeness (QED) is 0.492. The number of aryl methyl sites for hydroxylation is 2. The molecule has 1 aliphatic rings. The van der Waals surface area contributed by atoms with E-state index in [2.05, 4.69) is 22.2 Å². The highest BCUT2D eigenvalue weighted by molar-refractivity contribution is 5.96. The summed E-state index contributed by atoms with van der Waals surface area (Å²) in [5, 5.41) is 30.4. The van der Waals surface area contributed by atoms with Gasteiger partial charge in [0.25, 0.3) is 10.2 Å². The van der Waals surface area contributed by atoms with E-state index in [1.54, 1.807) is 0 Å². The van der Waals surface area contributed by atoms with Crippen molar-refractivity contribution in [1.29, 1.82) is 0 Å². The first-order valence-corrected chi connectivity index (χ1v) is 7.88. The fourth-order valence-electron chi connectivity index (χ4n) is 2.51. The van der Waals surface area contributed by atoms with Gasteiger partial charge in [-0.1, -0.05) is 18.2 Å². The Hall–Kier alpha value is -2.99. The van der Waals surface area contributed by atoms with Gasteiger partial charge in [0, 0.05) is 25.3 Å². The van der Waals surface area contributed by atoms with E-state index < -0.39 is 10.2 Å². The van der Waals surface area contributed by atoms with Crippen molar-refractivity contribution in [2.24, 2.45) is 0 Å². The number of hydrogen-bond donors (Lipinski definition) is 3. The Morgan fingerprint density at radius 1 is 1.11 bits per heavy atom. The third-order valence-corrected chi connectivity index (χ3v) is 3.88. The lowest BCUT2D eigenvalue weighted by molar-refractivity contribution is -0.742. The molecule has 0 saturated carbocycles. The molecule has 1 aromatic rings. The largest absolute Gasteiger partial charge is 0.328 e. The van der Waals surface area contributed by atoms with Crippen LogP contribution in [0.25, 0.3) is 0 Å². The first kappa shape index (κ1) is 24.0. The maximum atomic E-state index is 12.4. The van der Waals surface area contributed by atoms with Gasteiger partial charge < -0.3 is 20.6 Å². The molecule has 1 heterocycles. The molecule has 12 heteroatoms. The molecular formula is C15H25N5O7. The van der Waals surface area contributed by atoms with Gasteiger partial charge in [-0.2, -0.15) is 0 Å². The number of amides is 1. The van der Waals surface area contributed by atoms with Gasteiger partial charge >= 0.3 is 0 Å². The molecule has 0 aliphatic carbocycles. The molecule has 1 aliphatic heterocycles. The van der Waals surface area contributed by atoms with Crippen LogP contribution in [-0.2, 0) is 4.79 Å². The fraction of sp³-hybridized carbons (Fsp3) is 0.533. The molecule has 2 rings (SSSR count). The highest BCUT2D eigenvalue weighted by Crippen LogP contribution is 2.20. The Kier molecular flexibility index (Phi) is 10.3. The number of rotatable bonds is 2. The number of carbonyl (C=O) groups excluding carboxylic acids is 1. The van der Waals surface area contributed by atoms with Crippen molar-refractivity contribution in [1.82, 2.24) is 9.80 Å². The number of anilines is 1. The van der Waals surface area contributed by atoms with E-state index in [0.29, 0.717) is 0 Å². The number of carbonyl (C=O) groups is 1. The van der Waals surface area contributed by atoms with Crippen LogP contribution < -0.4 is 5.32 Å². The van der Waals surface area contributed by atoms with E-state index in [-0.39, 0.29) is 11.9 Å². The maximum absolute atomic E-state index is 12.4. The summed E-state index contributed by atoms with van der Waals surface area (Å²) in [7, 11) is 4.08. The lowest BCUT2D eigenvalue weighted by atomic mass is 10.1. The zero-order valence-corrected chi connectivity index (χ0v) is 15.7. The summed E-state index contributed by atoms with van der Waals surface area (Å²) in [6, 6.07) is 6.00. The van der Waals surface area contributed by atoms with E-state index in [9.17, 15) is 4.79 Å². The SMILES string of the molecule is Cc1cccc(C)c1NC(=O)C1CN(C)CCN1C.O=[N+]([O-])O.O=[N+]([O-])O. The lowest BCUT2D eigenvalue weighted by Gasteiger charge is -2.36. The number of nitrogens with zero attached hydrogens (tertiary/aromatic N) is 4. The second kappa shape index (κ2) is 11.6. The standard InChI is InChI=1S/C15H23N3O.2HNO3/c1-11-6-5-7-12(2)14(11)16-15(19)13-10-17(3)8-9-18(13)4;2*2-1(3)4/h5-7,13H,8-10H2,1-4H3,(H,16,19);2*(H,2,3,4). The van der Waals surface area contributed by atoms with Gasteiger partial charge in [-0.15, -0.1) is 20.2 Å². The van der Waals surface area contributed by atoms with Gasteiger partial charge in [-0.3, -0.25) is 9.69 Å². The zero-order valence-electron chi connectivity index (χ0n) is 15.7. The topological polar surface area (TPSA) is 162 Å². The Bertz CT molecular complexity index is 615. The van der Waals surface area contributed by atoms with Crippen LogP contribution in [0.3, 0.4) is 0 Å². The van der Waals surface area contributed by atoms with Gasteiger partial charge in [-0.25, -0.2) is 0 Å². The van der Waals surface area contributed by atoms with Crippen molar-refractivity contribution in [3.63, 3.8) is 0 Å². The second-order valence-corrected chi connectivity index (χ2v) is 5.99. The molecule has 1 fully saturated rings. The van der Waals surface area contributed by atoms with Crippen molar-refractivity contribution in [3.05, 3.63) is 49.6 Å². The van der Waals surface area contributed by atoms with Crippen LogP contribution in [0.2, 0.25) is 0 Å². The summed E-state index contributed by atoms with van der Waals surface area (Å²) in [5.74, 6) is 0.0893. The van der Waals surface area contributed by atoms with Crippen LogP contribution in [0.15, 0.2) is 18.2 Å². The molecule has 0 spiro atoms. The Morgan fingerprint density at radius 2 is 1.56 bits per heavy atom. The van der Waals surface area contributed by atoms with Crippen LogP contribution >= 0.6 is 0 Å². The van der Waals surface area contributed by atoms with E-state index in [1.807, 2.05) is 39.1 Å². The van der Waals surface area contributed by atoms with Crippen LogP contribution in [0.4, 0.5) is 5.69 Å². The third kappa shape index (κ3) is 9.91. The molecule has 1 atom stereocenters. The molecule has 27 heavy (non-hydrogen) atoms. The minimum atomic E-state index is -1.50. The van der Waals surface area contributed by atoms with Crippen LogP contribution in [0.5, 0.6) is 0 Å². The number of benzene rings is 1. The third-order valence-electron chi connectivity index (χ3n) is 3.88. The normalized spacial score (nSPS) is 16.8. The number of piperazine rings is 1. The first-order valence-electron chi connectivity index (χ1n) is 7.88. The van der Waals surface area contributed by atoms with Crippen molar-refractivity contribution in [2.45, 2.75) is 19.9 Å².